The number of ether oxygens (including phenoxy) is 1. The molecule has 0 radical (unpaired) electrons. The molecule has 1 amide bonds. The van der Waals surface area contributed by atoms with Crippen LogP contribution in [-0.2, 0) is 9.53 Å². The van der Waals surface area contributed by atoms with Gasteiger partial charge in [0, 0.05) is 11.9 Å². The molecule has 2 heterocycles. The smallest absolute Gasteiger partial charge is 0.253 e. The standard InChI is InChI=1S/C10H14N2O2S/c11-5-8-1-2-9(14-8)10(13)12-7-3-4-15-6-7/h3-4,6,8-9H,1-2,5,11H2,(H,12,13)/t8-,9+/m1/s1. The van der Waals surface area contributed by atoms with Crippen LogP contribution >= 0.6 is 11.3 Å². The van der Waals surface area contributed by atoms with Gasteiger partial charge in [-0.05, 0) is 24.3 Å². The van der Waals surface area contributed by atoms with Crippen molar-refractivity contribution in [3.63, 3.8) is 0 Å². The van der Waals surface area contributed by atoms with Crippen LogP contribution in [0.4, 0.5) is 5.69 Å². The van der Waals surface area contributed by atoms with E-state index in [2.05, 4.69) is 5.32 Å². The van der Waals surface area contributed by atoms with E-state index in [1.54, 1.807) is 11.3 Å². The summed E-state index contributed by atoms with van der Waals surface area (Å²) in [6.07, 6.45) is 1.34. The Hall–Kier alpha value is -0.910. The third kappa shape index (κ3) is 2.56. The summed E-state index contributed by atoms with van der Waals surface area (Å²) in [6, 6.07) is 1.87. The fraction of sp³-hybridized carbons (Fsp3) is 0.500. The fourth-order valence-electron chi connectivity index (χ4n) is 1.63. The molecule has 2 atom stereocenters. The van der Waals surface area contributed by atoms with Gasteiger partial charge >= 0.3 is 0 Å². The first-order valence-corrected chi connectivity index (χ1v) is 5.92. The average molecular weight is 226 g/mol. The van der Waals surface area contributed by atoms with E-state index in [0.717, 1.165) is 18.5 Å². The number of anilines is 1. The van der Waals surface area contributed by atoms with Gasteiger partial charge in [0.2, 0.25) is 0 Å². The molecule has 1 aromatic rings. The monoisotopic (exact) mass is 226 g/mol. The molecule has 1 aliphatic heterocycles. The third-order valence-corrected chi connectivity index (χ3v) is 3.13. The Morgan fingerprint density at radius 3 is 3.13 bits per heavy atom. The van der Waals surface area contributed by atoms with Gasteiger partial charge in [-0.2, -0.15) is 11.3 Å². The van der Waals surface area contributed by atoms with Gasteiger partial charge in [0.1, 0.15) is 6.10 Å². The van der Waals surface area contributed by atoms with E-state index in [9.17, 15) is 4.79 Å². The number of nitrogens with two attached hydrogens (primary N) is 1. The Bertz CT molecular complexity index is 326. The van der Waals surface area contributed by atoms with Crippen LogP contribution in [0, 0.1) is 0 Å². The summed E-state index contributed by atoms with van der Waals surface area (Å²) in [5.41, 5.74) is 6.31. The van der Waals surface area contributed by atoms with Crippen LogP contribution in [-0.4, -0.2) is 24.7 Å². The van der Waals surface area contributed by atoms with Crippen molar-refractivity contribution >= 4 is 22.9 Å². The minimum absolute atomic E-state index is 0.0447. The van der Waals surface area contributed by atoms with E-state index in [-0.39, 0.29) is 18.1 Å². The number of hydrogen-bond acceptors (Lipinski definition) is 4. The van der Waals surface area contributed by atoms with Crippen LogP contribution in [0.15, 0.2) is 16.8 Å². The normalized spacial score (nSPS) is 25.4. The lowest BCUT2D eigenvalue weighted by Crippen LogP contribution is -2.29. The van der Waals surface area contributed by atoms with E-state index < -0.39 is 0 Å². The second-order valence-corrected chi connectivity index (χ2v) is 4.34. The van der Waals surface area contributed by atoms with Gasteiger partial charge in [0.25, 0.3) is 5.91 Å². The van der Waals surface area contributed by atoms with Gasteiger partial charge in [0.05, 0.1) is 11.8 Å². The molecule has 1 aromatic heterocycles. The molecule has 4 nitrogen and oxygen atoms in total. The predicted octanol–water partition coefficient (Wildman–Crippen LogP) is 1.19. The van der Waals surface area contributed by atoms with Crippen LogP contribution in [0.3, 0.4) is 0 Å². The summed E-state index contributed by atoms with van der Waals surface area (Å²) in [5.74, 6) is -0.0654. The third-order valence-electron chi connectivity index (χ3n) is 2.45. The lowest BCUT2D eigenvalue weighted by atomic mass is 10.2. The van der Waals surface area contributed by atoms with Crippen molar-refractivity contribution in [2.75, 3.05) is 11.9 Å². The van der Waals surface area contributed by atoms with E-state index >= 15 is 0 Å². The van der Waals surface area contributed by atoms with Crippen molar-refractivity contribution in [1.82, 2.24) is 0 Å². The molecule has 0 aliphatic carbocycles. The van der Waals surface area contributed by atoms with Gasteiger partial charge in [-0.15, -0.1) is 0 Å². The predicted molar refractivity (Wildman–Crippen MR) is 59.9 cm³/mol. The van der Waals surface area contributed by atoms with Crippen LogP contribution < -0.4 is 11.1 Å². The van der Waals surface area contributed by atoms with Crippen LogP contribution in [0.25, 0.3) is 0 Å². The zero-order chi connectivity index (χ0) is 10.7. The van der Waals surface area contributed by atoms with Crippen molar-refractivity contribution in [1.29, 1.82) is 0 Å². The quantitative estimate of drug-likeness (QED) is 0.813. The molecule has 1 saturated heterocycles. The van der Waals surface area contributed by atoms with Crippen molar-refractivity contribution in [3.05, 3.63) is 16.8 Å². The summed E-state index contributed by atoms with van der Waals surface area (Å²) in [7, 11) is 0. The average Bonchev–Trinajstić information content (AvgIpc) is 2.86. The molecule has 82 valence electrons. The Labute approximate surface area is 92.4 Å². The number of carbonyl (C=O) groups is 1. The van der Waals surface area contributed by atoms with Crippen molar-refractivity contribution in [3.8, 4) is 0 Å². The first kappa shape index (κ1) is 10.6. The number of hydrogen-bond donors (Lipinski definition) is 2. The summed E-state index contributed by atoms with van der Waals surface area (Å²) in [5, 5.41) is 6.63. The highest BCUT2D eigenvalue weighted by atomic mass is 32.1. The van der Waals surface area contributed by atoms with Gasteiger partial charge in [0.15, 0.2) is 0 Å². The van der Waals surface area contributed by atoms with Gasteiger partial charge in [-0.3, -0.25) is 4.79 Å². The topological polar surface area (TPSA) is 64.4 Å². The van der Waals surface area contributed by atoms with Crippen LogP contribution in [0.2, 0.25) is 0 Å². The largest absolute Gasteiger partial charge is 0.364 e. The molecule has 1 fully saturated rings. The highest BCUT2D eigenvalue weighted by Gasteiger charge is 2.29. The molecule has 0 saturated carbocycles. The zero-order valence-corrected chi connectivity index (χ0v) is 9.13. The molecule has 5 heteroatoms. The molecular weight excluding hydrogens is 212 g/mol. The second kappa shape index (κ2) is 4.74. The summed E-state index contributed by atoms with van der Waals surface area (Å²) < 4.78 is 5.49. The fourth-order valence-corrected chi connectivity index (χ4v) is 2.22. The molecule has 2 rings (SSSR count). The number of amides is 1. The lowest BCUT2D eigenvalue weighted by Gasteiger charge is -2.11. The van der Waals surface area contributed by atoms with Gasteiger partial charge in [-0.1, -0.05) is 0 Å². The van der Waals surface area contributed by atoms with E-state index in [0.29, 0.717) is 6.54 Å². The Morgan fingerprint density at radius 2 is 2.53 bits per heavy atom. The maximum atomic E-state index is 11.7. The molecule has 1 aliphatic rings. The van der Waals surface area contributed by atoms with Crippen molar-refractivity contribution in [2.24, 2.45) is 5.73 Å². The molecule has 0 unspecified atom stereocenters. The van der Waals surface area contributed by atoms with Gasteiger partial charge in [-0.25, -0.2) is 0 Å². The zero-order valence-electron chi connectivity index (χ0n) is 8.31. The number of thiophene rings is 1. The number of carbonyl (C=O) groups excluding carboxylic acids is 1. The van der Waals surface area contributed by atoms with Crippen molar-refractivity contribution < 1.29 is 9.53 Å². The number of rotatable bonds is 3. The lowest BCUT2D eigenvalue weighted by molar-refractivity contribution is -0.126. The first-order chi connectivity index (χ1) is 7.29. The molecule has 0 spiro atoms. The molecule has 0 aromatic carbocycles. The maximum absolute atomic E-state index is 11.7. The summed E-state index contributed by atoms with van der Waals surface area (Å²) in [4.78, 5) is 11.7. The SMILES string of the molecule is NC[C@H]1CC[C@@H](C(=O)Nc2ccsc2)O1. The Balaban J connectivity index is 1.87. The van der Waals surface area contributed by atoms with Crippen molar-refractivity contribution in [2.45, 2.75) is 25.0 Å². The van der Waals surface area contributed by atoms with Gasteiger partial charge < -0.3 is 15.8 Å². The van der Waals surface area contributed by atoms with E-state index in [1.807, 2.05) is 16.8 Å². The highest BCUT2D eigenvalue weighted by molar-refractivity contribution is 7.08. The molecule has 3 N–H and O–H groups in total. The van der Waals surface area contributed by atoms with E-state index in [4.69, 9.17) is 10.5 Å². The van der Waals surface area contributed by atoms with Crippen LogP contribution in [0.1, 0.15) is 12.8 Å². The first-order valence-electron chi connectivity index (χ1n) is 4.98. The molecular formula is C10H14N2O2S. The summed E-state index contributed by atoms with van der Waals surface area (Å²) in [6.45, 7) is 0.488. The maximum Gasteiger partial charge on any atom is 0.253 e. The second-order valence-electron chi connectivity index (χ2n) is 3.56. The number of nitrogens with one attached hydrogen (secondary N) is 1. The highest BCUT2D eigenvalue weighted by Crippen LogP contribution is 2.21. The molecule has 0 bridgehead atoms. The van der Waals surface area contributed by atoms with Crippen LogP contribution in [0.5, 0.6) is 0 Å². The summed E-state index contributed by atoms with van der Waals surface area (Å²) >= 11 is 1.55. The minimum atomic E-state index is -0.335. The Kier molecular flexibility index (Phi) is 3.35. The minimum Gasteiger partial charge on any atom is -0.364 e. The van der Waals surface area contributed by atoms with E-state index in [1.165, 1.54) is 0 Å². The molecule has 15 heavy (non-hydrogen) atoms. The Morgan fingerprint density at radius 1 is 1.67 bits per heavy atom.